The molecule has 198 valence electrons. The topological polar surface area (TPSA) is 77.8 Å². The predicted octanol–water partition coefficient (Wildman–Crippen LogP) is 6.85. The number of Topliss-reactive ketones (excluding diaryl/α,β-unsaturated/α-hetero) is 1. The largest absolute Gasteiger partial charge is 0.493 e. The number of ether oxygens (including phenoxy) is 2. The molecule has 2 heterocycles. The maximum Gasteiger partial charge on any atom is 0.390 e. The van der Waals surface area contributed by atoms with Gasteiger partial charge in [-0.05, 0) is 49.4 Å². The molecule has 1 fully saturated rings. The summed E-state index contributed by atoms with van der Waals surface area (Å²) in [7, 11) is 1.51. The van der Waals surface area contributed by atoms with E-state index in [1.165, 1.54) is 17.7 Å². The molecule has 4 aromatic rings. The first-order valence-electron chi connectivity index (χ1n) is 12.4. The van der Waals surface area contributed by atoms with E-state index in [-0.39, 0.29) is 18.2 Å². The van der Waals surface area contributed by atoms with Crippen LogP contribution < -0.4 is 14.8 Å². The van der Waals surface area contributed by atoms with Gasteiger partial charge >= 0.3 is 6.18 Å². The van der Waals surface area contributed by atoms with Gasteiger partial charge in [-0.3, -0.25) is 4.79 Å². The second kappa shape index (κ2) is 10.4. The summed E-state index contributed by atoms with van der Waals surface area (Å²) in [6, 6.07) is 14.1. The van der Waals surface area contributed by atoms with Crippen LogP contribution >= 0.6 is 0 Å². The van der Waals surface area contributed by atoms with E-state index < -0.39 is 12.6 Å². The number of nitrogens with one attached hydrogen (secondary N) is 1. The van der Waals surface area contributed by atoms with E-state index in [2.05, 4.69) is 15.4 Å². The third kappa shape index (κ3) is 5.74. The van der Waals surface area contributed by atoms with Crippen molar-refractivity contribution in [3.8, 4) is 28.6 Å². The molecule has 1 aliphatic carbocycles. The Morgan fingerprint density at radius 3 is 2.58 bits per heavy atom. The zero-order valence-electron chi connectivity index (χ0n) is 21.0. The number of carbonyl (C=O) groups is 1. The summed E-state index contributed by atoms with van der Waals surface area (Å²) in [5.74, 6) is 1.66. The van der Waals surface area contributed by atoms with E-state index >= 15 is 0 Å². The Morgan fingerprint density at radius 1 is 1.13 bits per heavy atom. The first-order valence-corrected chi connectivity index (χ1v) is 12.4. The standard InChI is InChI=1S/C28H27F3N4O3/c1-17-13-19(9-10-20(17)23(36)14-18-7-8-18)22-16-33-27-21(32-12-11-28(29,30)31)15-26(34-35(22)27)38-25-6-4-3-5-24(25)37-2/h3-6,9-10,13,15-16,18,32H,7-8,11-12,14H2,1-2H3. The lowest BCUT2D eigenvalue weighted by molar-refractivity contribution is -0.131. The molecule has 0 aliphatic heterocycles. The number of fused-ring (bicyclic) bond motifs is 1. The fourth-order valence-corrected chi connectivity index (χ4v) is 4.31. The summed E-state index contributed by atoms with van der Waals surface area (Å²) < 4.78 is 51.3. The van der Waals surface area contributed by atoms with Crippen LogP contribution in [-0.4, -0.2) is 40.2 Å². The maximum atomic E-state index is 12.8. The molecule has 0 spiro atoms. The minimum absolute atomic E-state index is 0.136. The summed E-state index contributed by atoms with van der Waals surface area (Å²) in [6.45, 7) is 1.55. The molecule has 7 nitrogen and oxygen atoms in total. The van der Waals surface area contributed by atoms with Crippen LogP contribution in [0.2, 0.25) is 0 Å². The average molecular weight is 525 g/mol. The molecule has 0 atom stereocenters. The number of aromatic nitrogens is 3. The van der Waals surface area contributed by atoms with E-state index in [1.54, 1.807) is 30.5 Å². The van der Waals surface area contributed by atoms with E-state index in [0.717, 1.165) is 24.0 Å². The van der Waals surface area contributed by atoms with Crippen LogP contribution in [0.25, 0.3) is 16.9 Å². The van der Waals surface area contributed by atoms with E-state index in [9.17, 15) is 18.0 Å². The predicted molar refractivity (Wildman–Crippen MR) is 137 cm³/mol. The van der Waals surface area contributed by atoms with Gasteiger partial charge in [0.15, 0.2) is 22.9 Å². The lowest BCUT2D eigenvalue weighted by Gasteiger charge is -2.14. The first-order chi connectivity index (χ1) is 18.2. The number of hydrogen-bond acceptors (Lipinski definition) is 6. The van der Waals surface area contributed by atoms with Crippen molar-refractivity contribution in [3.05, 3.63) is 65.9 Å². The van der Waals surface area contributed by atoms with Crippen LogP contribution in [0.3, 0.4) is 0 Å². The SMILES string of the molecule is COc1ccccc1Oc1cc(NCCC(F)(F)F)c2ncc(-c3ccc(C(=O)CC4CC4)c(C)c3)n2n1. The summed E-state index contributed by atoms with van der Waals surface area (Å²) in [5, 5.41) is 7.41. The number of nitrogens with zero attached hydrogens (tertiary/aromatic N) is 3. The average Bonchev–Trinajstić information content (AvgIpc) is 3.58. The van der Waals surface area contributed by atoms with Crippen molar-refractivity contribution in [1.82, 2.24) is 14.6 Å². The van der Waals surface area contributed by atoms with Gasteiger partial charge in [-0.25, -0.2) is 9.50 Å². The van der Waals surface area contributed by atoms with Gasteiger partial charge in [0, 0.05) is 30.2 Å². The number of benzene rings is 2. The lowest BCUT2D eigenvalue weighted by Crippen LogP contribution is -2.15. The molecule has 2 aromatic carbocycles. The van der Waals surface area contributed by atoms with Crippen LogP contribution in [0.4, 0.5) is 18.9 Å². The summed E-state index contributed by atoms with van der Waals surface area (Å²) in [5.41, 5.74) is 3.59. The van der Waals surface area contributed by atoms with Gasteiger partial charge in [-0.15, -0.1) is 5.10 Å². The molecule has 5 rings (SSSR count). The van der Waals surface area contributed by atoms with Crippen molar-refractivity contribution in [1.29, 1.82) is 0 Å². The number of methoxy groups -OCH3 is 1. The fourth-order valence-electron chi connectivity index (χ4n) is 4.31. The van der Waals surface area contributed by atoms with Gasteiger partial charge in [0.05, 0.1) is 31.1 Å². The molecular weight excluding hydrogens is 497 g/mol. The number of carbonyl (C=O) groups excluding carboxylic acids is 1. The van der Waals surface area contributed by atoms with Gasteiger partial charge in [-0.2, -0.15) is 13.2 Å². The minimum atomic E-state index is -4.30. The molecule has 1 saturated carbocycles. The fraction of sp³-hybridized carbons (Fsp3) is 0.321. The van der Waals surface area contributed by atoms with Crippen LogP contribution in [0.15, 0.2) is 54.7 Å². The Balaban J connectivity index is 1.52. The van der Waals surface area contributed by atoms with Gasteiger partial charge < -0.3 is 14.8 Å². The third-order valence-electron chi connectivity index (χ3n) is 6.45. The summed E-state index contributed by atoms with van der Waals surface area (Å²) in [6.07, 6.45) is -0.931. The Labute approximate surface area is 217 Å². The number of imidazole rings is 1. The Kier molecular flexibility index (Phi) is 6.96. The van der Waals surface area contributed by atoms with Crippen molar-refractivity contribution >= 4 is 17.1 Å². The highest BCUT2D eigenvalue weighted by Crippen LogP contribution is 2.35. The lowest BCUT2D eigenvalue weighted by atomic mass is 9.98. The van der Waals surface area contributed by atoms with Crippen molar-refractivity contribution in [2.24, 2.45) is 5.92 Å². The molecule has 0 radical (unpaired) electrons. The number of aryl methyl sites for hydroxylation is 1. The van der Waals surface area contributed by atoms with Crippen molar-refractivity contribution in [2.75, 3.05) is 19.0 Å². The summed E-state index contributed by atoms with van der Waals surface area (Å²) >= 11 is 0. The molecule has 0 bridgehead atoms. The van der Waals surface area contributed by atoms with Crippen LogP contribution in [0.5, 0.6) is 17.4 Å². The number of hydrogen-bond donors (Lipinski definition) is 1. The molecule has 38 heavy (non-hydrogen) atoms. The molecule has 2 aromatic heterocycles. The first kappa shape index (κ1) is 25.6. The van der Waals surface area contributed by atoms with E-state index in [1.807, 2.05) is 25.1 Å². The van der Waals surface area contributed by atoms with Crippen LogP contribution in [0, 0.1) is 12.8 Å². The zero-order valence-corrected chi connectivity index (χ0v) is 21.0. The quantitative estimate of drug-likeness (QED) is 0.229. The van der Waals surface area contributed by atoms with Gasteiger partial charge in [0.25, 0.3) is 0 Å². The third-order valence-corrected chi connectivity index (χ3v) is 6.45. The van der Waals surface area contributed by atoms with Gasteiger partial charge in [0.2, 0.25) is 5.88 Å². The van der Waals surface area contributed by atoms with E-state index in [0.29, 0.717) is 46.4 Å². The Hall–Kier alpha value is -4.08. The molecule has 0 unspecified atom stereocenters. The highest BCUT2D eigenvalue weighted by atomic mass is 19.4. The highest BCUT2D eigenvalue weighted by Gasteiger charge is 2.27. The van der Waals surface area contributed by atoms with Crippen molar-refractivity contribution in [3.63, 3.8) is 0 Å². The number of alkyl halides is 3. The molecule has 10 heteroatoms. The van der Waals surface area contributed by atoms with Gasteiger partial charge in [0.1, 0.15) is 0 Å². The molecule has 1 aliphatic rings. The summed E-state index contributed by atoms with van der Waals surface area (Å²) in [4.78, 5) is 17.1. The smallest absolute Gasteiger partial charge is 0.390 e. The second-order valence-corrected chi connectivity index (χ2v) is 9.42. The second-order valence-electron chi connectivity index (χ2n) is 9.42. The number of para-hydroxylation sites is 2. The zero-order chi connectivity index (χ0) is 26.9. The van der Waals surface area contributed by atoms with Crippen LogP contribution in [-0.2, 0) is 0 Å². The molecular formula is C28H27F3N4O3. The maximum absolute atomic E-state index is 12.8. The molecule has 0 saturated heterocycles. The number of ketones is 1. The molecule has 0 amide bonds. The van der Waals surface area contributed by atoms with Crippen molar-refractivity contribution in [2.45, 2.75) is 38.8 Å². The normalized spacial score (nSPS) is 13.5. The number of halogens is 3. The van der Waals surface area contributed by atoms with Gasteiger partial charge in [-0.1, -0.05) is 24.3 Å². The minimum Gasteiger partial charge on any atom is -0.493 e. The monoisotopic (exact) mass is 524 g/mol. The Morgan fingerprint density at radius 2 is 1.89 bits per heavy atom. The Bertz CT molecular complexity index is 1480. The molecule has 1 N–H and O–H groups in total. The van der Waals surface area contributed by atoms with E-state index in [4.69, 9.17) is 9.47 Å². The number of rotatable bonds is 10. The van der Waals surface area contributed by atoms with Crippen molar-refractivity contribution < 1.29 is 27.4 Å². The highest BCUT2D eigenvalue weighted by molar-refractivity contribution is 5.98. The number of anilines is 1. The van der Waals surface area contributed by atoms with Crippen LogP contribution in [0.1, 0.15) is 41.6 Å².